The first-order valence-corrected chi connectivity index (χ1v) is 38.1. The number of nitrogens with two attached hydrogens (primary N) is 1. The maximum Gasteiger partial charge on any atom is 0.426 e. The van der Waals surface area contributed by atoms with E-state index < -0.39 is 80.4 Å². The summed E-state index contributed by atoms with van der Waals surface area (Å²) in [6.07, 6.45) is -8.37. The molecule has 2 heterocycles. The van der Waals surface area contributed by atoms with E-state index >= 15 is 0 Å². The van der Waals surface area contributed by atoms with Crippen LogP contribution in [0.4, 0.5) is 39.5 Å². The van der Waals surface area contributed by atoms with Gasteiger partial charge in [-0.2, -0.15) is 39.5 Å². The number of hydrogen-bond acceptors (Lipinski definition) is 15. The van der Waals surface area contributed by atoms with Crippen LogP contribution in [0.5, 0.6) is 5.75 Å². The number of thiophene rings is 1. The Bertz CT molecular complexity index is 3720. The number of ether oxygens (including phenoxy) is 5. The Balaban J connectivity index is 0.000000233. The molecule has 6 fully saturated rings. The van der Waals surface area contributed by atoms with Crippen molar-refractivity contribution in [1.82, 2.24) is 0 Å². The van der Waals surface area contributed by atoms with E-state index in [2.05, 4.69) is 127 Å². The number of phenolic OH excluding ortho intramolecular Hbond substituents is 1. The molecular weight excluding hydrogens is 1410 g/mol. The van der Waals surface area contributed by atoms with Gasteiger partial charge < -0.3 is 43.8 Å². The van der Waals surface area contributed by atoms with Gasteiger partial charge in [0.15, 0.2) is 19.9 Å². The summed E-state index contributed by atoms with van der Waals surface area (Å²) in [7, 11) is -4.96. The third-order valence-corrected chi connectivity index (χ3v) is 24.0. The second-order valence-corrected chi connectivity index (χ2v) is 34.2. The van der Waals surface area contributed by atoms with Crippen LogP contribution < -0.4 is 10.4 Å². The SMILES string of the molecule is CCC(C)(C)C(=O)OC1(C)CCCC1.CCC(C)(C)C(=O)OC12CC3CC(C1)CC(C(=O)OC(CS(=O)(=O)[O-])C(F)(F)F)(C3)C2.CCC(C)(C)C(=O)OC1CC[NH2+]CC1.CCC(C)(C)c1cccc(O)c1.COC(=O)C([O-])(C(F)(F)F)C(F)(F)F.c1ccc(-[s+]2c3ccccc3c3ccccc32)cc1. The number of esters is 5. The van der Waals surface area contributed by atoms with Crippen molar-refractivity contribution in [1.29, 1.82) is 0 Å². The summed E-state index contributed by atoms with van der Waals surface area (Å²) in [5, 5.41) is 24.7. The first-order valence-electron chi connectivity index (χ1n) is 35.3. The monoisotopic (exact) mass is 1520 g/mol. The normalized spacial score (nSPS) is 20.7. The highest BCUT2D eigenvalue weighted by atomic mass is 32.2. The summed E-state index contributed by atoms with van der Waals surface area (Å²) in [5.74, 6) is -6.09. The zero-order chi connectivity index (χ0) is 78.5. The molecule has 4 aromatic carbocycles. The summed E-state index contributed by atoms with van der Waals surface area (Å²) >= 11 is 0. The fraction of sp³-hybridized carbons (Fsp3) is 0.623. The third-order valence-electron chi connectivity index (χ3n) is 21.0. The lowest BCUT2D eigenvalue weighted by Gasteiger charge is -2.60. The fourth-order valence-electron chi connectivity index (χ4n) is 13.2. The van der Waals surface area contributed by atoms with Gasteiger partial charge in [-0.15, -0.1) is 0 Å². The molecule has 4 bridgehead atoms. The Hall–Kier alpha value is -6.55. The first-order chi connectivity index (χ1) is 47.9. The predicted octanol–water partition coefficient (Wildman–Crippen LogP) is 16.5. The lowest BCUT2D eigenvalue weighted by atomic mass is 9.48. The quantitative estimate of drug-likeness (QED) is 0.0289. The second kappa shape index (κ2) is 35.0. The summed E-state index contributed by atoms with van der Waals surface area (Å²) in [6, 6.07) is 35.9. The number of carbonyl (C=O) groups excluding carboxylic acids is 5. The molecule has 1 aromatic heterocycles. The summed E-state index contributed by atoms with van der Waals surface area (Å²) < 4.78 is 170. The first kappa shape index (κ1) is 88.1. The minimum Gasteiger partial charge on any atom is -0.828 e. The van der Waals surface area contributed by atoms with E-state index in [0.717, 1.165) is 64.5 Å². The molecule has 582 valence electrons. The molecule has 0 radical (unpaired) electrons. The Kier molecular flexibility index (Phi) is 29.6. The minimum atomic E-state index is -6.29. The maximum atomic E-state index is 13.3. The Labute approximate surface area is 607 Å². The summed E-state index contributed by atoms with van der Waals surface area (Å²) in [5.41, 5.74) is -8.14. The molecule has 27 heteroatoms. The van der Waals surface area contributed by atoms with Crippen molar-refractivity contribution < 1.29 is 116 Å². The maximum absolute atomic E-state index is 13.3. The Morgan fingerprint density at radius 2 is 1.09 bits per heavy atom. The number of methoxy groups -OCH3 is 1. The summed E-state index contributed by atoms with van der Waals surface area (Å²) in [4.78, 5) is 60.8. The molecule has 5 aromatic rings. The van der Waals surface area contributed by atoms with Crippen LogP contribution in [-0.2, 0) is 63.2 Å². The molecule has 0 amide bonds. The van der Waals surface area contributed by atoms with Gasteiger partial charge in [-0.05, 0) is 203 Å². The number of hydrogen-bond donors (Lipinski definition) is 2. The van der Waals surface area contributed by atoms with E-state index in [0.29, 0.717) is 37.9 Å². The molecule has 16 nitrogen and oxygen atoms in total. The molecule has 5 aliphatic carbocycles. The molecule has 11 rings (SSSR count). The van der Waals surface area contributed by atoms with Crippen molar-refractivity contribution in [3.63, 3.8) is 0 Å². The van der Waals surface area contributed by atoms with Gasteiger partial charge in [0, 0.05) is 40.5 Å². The van der Waals surface area contributed by atoms with Gasteiger partial charge in [-0.25, -0.2) is 8.42 Å². The summed E-state index contributed by atoms with van der Waals surface area (Å²) in [6.45, 7) is 28.0. The number of fused-ring (bicyclic) bond motifs is 3. The van der Waals surface area contributed by atoms with Gasteiger partial charge in [0.2, 0.25) is 6.10 Å². The number of halogens is 9. The van der Waals surface area contributed by atoms with Crippen LogP contribution in [0.2, 0.25) is 0 Å². The van der Waals surface area contributed by atoms with E-state index in [1.165, 1.54) is 43.5 Å². The third kappa shape index (κ3) is 22.8. The largest absolute Gasteiger partial charge is 0.828 e. The van der Waals surface area contributed by atoms with Crippen LogP contribution in [0.1, 0.15) is 198 Å². The van der Waals surface area contributed by atoms with Crippen molar-refractivity contribution in [3.8, 4) is 10.6 Å². The smallest absolute Gasteiger partial charge is 0.426 e. The molecule has 3 N–H and O–H groups in total. The van der Waals surface area contributed by atoms with Gasteiger partial charge in [-0.3, -0.25) is 24.0 Å². The van der Waals surface area contributed by atoms with Crippen molar-refractivity contribution >= 4 is 70.6 Å². The molecule has 6 aliphatic rings. The van der Waals surface area contributed by atoms with Gasteiger partial charge in [-0.1, -0.05) is 96.1 Å². The number of aromatic hydroxyl groups is 1. The highest BCUT2D eigenvalue weighted by molar-refractivity contribution is 7.85. The van der Waals surface area contributed by atoms with Crippen molar-refractivity contribution in [2.24, 2.45) is 33.5 Å². The number of alkyl halides is 9. The van der Waals surface area contributed by atoms with Crippen molar-refractivity contribution in [2.75, 3.05) is 26.0 Å². The molecule has 5 saturated carbocycles. The van der Waals surface area contributed by atoms with Gasteiger partial charge in [0.05, 0.1) is 57.7 Å². The van der Waals surface area contributed by atoms with Crippen LogP contribution in [-0.4, -0.2) is 121 Å². The van der Waals surface area contributed by atoms with Crippen molar-refractivity contribution in [2.45, 2.75) is 246 Å². The van der Waals surface area contributed by atoms with E-state index in [1.54, 1.807) is 19.9 Å². The number of phenols is 1. The molecule has 0 spiro atoms. The average Bonchev–Trinajstić information content (AvgIpc) is 0.924. The highest BCUT2D eigenvalue weighted by Gasteiger charge is 2.68. The Morgan fingerprint density at radius 1 is 0.625 bits per heavy atom. The molecule has 3 unspecified atom stereocenters. The van der Waals surface area contributed by atoms with E-state index in [-0.39, 0.29) is 75.7 Å². The fourth-order valence-corrected chi connectivity index (χ4v) is 16.2. The molecule has 1 aliphatic heterocycles. The predicted molar refractivity (Wildman–Crippen MR) is 376 cm³/mol. The molecule has 1 saturated heterocycles. The van der Waals surface area contributed by atoms with E-state index in [4.69, 9.17) is 14.2 Å². The standard InChI is InChI=1S/C20H29F3O7S.C18H13S.C12H22O2.C11H21NO2.C11H16O.C5H3F6O3/c1-4-17(2,3)15(24)30-19-8-12-5-13(9-19)7-18(6-12,11-19)16(25)29-14(20(21,22)23)10-31(26,27)28;1-2-8-14(9-3-1)19-17-12-6-4-10-15(17)16-11-5-7-13-18(16)19;1-5-11(2,3)10(13)14-12(4)8-6-7-9-12;1-4-11(2,3)10(13)14-9-5-7-12-8-6-9;1-4-11(2,3)9-6-5-7-10(12)8-9;1-14-2(12)3(13,4(6,7)8)5(9,10)11/h12-14H,4-11H2,1-3H3,(H,26,27,28);1-13H;5-9H2,1-4H3;9,12H,4-8H2,1-3H3;5-8,12H,4H2,1-3H3;1H3/q;+1;;;;-1. The number of quaternary nitrogens is 1. The van der Waals surface area contributed by atoms with Crippen LogP contribution in [0.3, 0.4) is 0 Å². The Morgan fingerprint density at radius 3 is 1.51 bits per heavy atom. The van der Waals surface area contributed by atoms with Gasteiger partial charge >= 0.3 is 48.4 Å². The topological polar surface area (TPSA) is 249 Å². The number of benzene rings is 4. The zero-order valence-corrected chi connectivity index (χ0v) is 63.7. The molecule has 104 heavy (non-hydrogen) atoms. The number of carbonyl (C=O) groups is 5. The van der Waals surface area contributed by atoms with Crippen molar-refractivity contribution in [3.05, 3.63) is 109 Å². The number of rotatable bonds is 17. The van der Waals surface area contributed by atoms with E-state index in [1.807, 2.05) is 60.6 Å². The average molecular weight is 1520 g/mol. The van der Waals surface area contributed by atoms with E-state index in [9.17, 15) is 86.7 Å². The van der Waals surface area contributed by atoms with Crippen LogP contribution in [0.25, 0.3) is 25.1 Å². The zero-order valence-electron chi connectivity index (χ0n) is 62.0. The molecular formula is C77H104F9NO15S2. The van der Waals surface area contributed by atoms with Gasteiger partial charge in [0.1, 0.15) is 23.1 Å². The minimum absolute atomic E-state index is 0.00100. The van der Waals surface area contributed by atoms with Crippen LogP contribution in [0, 0.1) is 33.5 Å². The number of piperidine rings is 1. The van der Waals surface area contributed by atoms with Gasteiger partial charge in [0.25, 0.3) is 0 Å². The highest BCUT2D eigenvalue weighted by Crippen LogP contribution is 2.64. The molecule has 3 atom stereocenters. The lowest BCUT2D eigenvalue weighted by molar-refractivity contribution is -0.664. The van der Waals surface area contributed by atoms with Crippen LogP contribution in [0.15, 0.2) is 103 Å². The van der Waals surface area contributed by atoms with Crippen LogP contribution >= 0.6 is 10.5 Å². The second-order valence-electron chi connectivity index (χ2n) is 30.8. The lowest BCUT2D eigenvalue weighted by Crippen LogP contribution is -2.86.